The van der Waals surface area contributed by atoms with Gasteiger partial charge in [0.1, 0.15) is 11.8 Å². The average Bonchev–Trinajstić information content (AvgIpc) is 3.22. The van der Waals surface area contributed by atoms with Crippen LogP contribution >= 0.6 is 0 Å². The van der Waals surface area contributed by atoms with Gasteiger partial charge in [-0.2, -0.15) is 0 Å². The molecule has 3 aliphatic heterocycles. The van der Waals surface area contributed by atoms with Gasteiger partial charge in [-0.15, -0.1) is 0 Å². The predicted octanol–water partition coefficient (Wildman–Crippen LogP) is 2.06. The largest absolute Gasteiger partial charge is 0.494 e. The number of nitrogens with one attached hydrogen (secondary N) is 1. The normalized spacial score (nSPS) is 21.1. The van der Waals surface area contributed by atoms with Crippen molar-refractivity contribution >= 4 is 23.4 Å². The van der Waals surface area contributed by atoms with E-state index in [-0.39, 0.29) is 30.2 Å². The summed E-state index contributed by atoms with van der Waals surface area (Å²) in [4.78, 5) is 43.1. The molecule has 9 nitrogen and oxygen atoms in total. The van der Waals surface area contributed by atoms with Gasteiger partial charge >= 0.3 is 0 Å². The first-order valence-electron chi connectivity index (χ1n) is 13.1. The van der Waals surface area contributed by atoms with Gasteiger partial charge in [-0.1, -0.05) is 12.1 Å². The number of hydrogen-bond donors (Lipinski definition) is 2. The van der Waals surface area contributed by atoms with Crippen LogP contribution in [0.1, 0.15) is 53.7 Å². The Morgan fingerprint density at radius 2 is 1.81 bits per heavy atom. The van der Waals surface area contributed by atoms with Crippen molar-refractivity contribution in [1.29, 1.82) is 0 Å². The number of nitrogens with zero attached hydrogens (tertiary/aromatic N) is 3. The first kappa shape index (κ1) is 25.2. The summed E-state index contributed by atoms with van der Waals surface area (Å²) >= 11 is 0. The number of imide groups is 1. The number of anilines is 1. The van der Waals surface area contributed by atoms with E-state index in [1.807, 2.05) is 43.3 Å². The Morgan fingerprint density at radius 3 is 2.51 bits per heavy atom. The summed E-state index contributed by atoms with van der Waals surface area (Å²) in [5.41, 5.74) is 9.71. The highest BCUT2D eigenvalue weighted by Gasteiger charge is 2.39. The Labute approximate surface area is 217 Å². The Bertz CT molecular complexity index is 1160. The maximum Gasteiger partial charge on any atom is 0.255 e. The number of piperazine rings is 1. The van der Waals surface area contributed by atoms with Crippen molar-refractivity contribution in [1.82, 2.24) is 15.1 Å². The highest BCUT2D eigenvalue weighted by atomic mass is 16.5. The van der Waals surface area contributed by atoms with Gasteiger partial charge in [0, 0.05) is 63.0 Å². The Hall–Kier alpha value is -3.43. The van der Waals surface area contributed by atoms with Crippen LogP contribution in [-0.4, -0.2) is 72.9 Å². The van der Waals surface area contributed by atoms with Crippen molar-refractivity contribution < 1.29 is 19.1 Å². The van der Waals surface area contributed by atoms with Crippen LogP contribution in [0.15, 0.2) is 42.5 Å². The molecule has 3 heterocycles. The zero-order valence-electron chi connectivity index (χ0n) is 21.3. The minimum Gasteiger partial charge on any atom is -0.494 e. The summed E-state index contributed by atoms with van der Waals surface area (Å²) in [5.74, 6) is 0.0958. The number of hydrogen-bond acceptors (Lipinski definition) is 7. The van der Waals surface area contributed by atoms with Gasteiger partial charge in [-0.3, -0.25) is 24.6 Å². The second-order valence-corrected chi connectivity index (χ2v) is 10.1. The van der Waals surface area contributed by atoms with Crippen molar-refractivity contribution in [3.63, 3.8) is 0 Å². The number of benzene rings is 2. The van der Waals surface area contributed by atoms with Gasteiger partial charge in [-0.05, 0) is 61.2 Å². The van der Waals surface area contributed by atoms with E-state index in [2.05, 4.69) is 21.2 Å². The second kappa shape index (κ2) is 10.9. The number of carbonyl (C=O) groups is 3. The fraction of sp³-hybridized carbons (Fsp3) is 0.464. The number of ether oxygens (including phenoxy) is 1. The topological polar surface area (TPSA) is 108 Å². The molecule has 9 heteroatoms. The van der Waals surface area contributed by atoms with Crippen molar-refractivity contribution in [3.05, 3.63) is 59.2 Å². The molecule has 2 fully saturated rings. The lowest BCUT2D eigenvalue weighted by atomic mass is 10.0. The van der Waals surface area contributed by atoms with E-state index in [0.29, 0.717) is 25.1 Å². The van der Waals surface area contributed by atoms with Gasteiger partial charge in [0.2, 0.25) is 11.8 Å². The minimum atomic E-state index is -0.581. The highest BCUT2D eigenvalue weighted by molar-refractivity contribution is 6.05. The van der Waals surface area contributed by atoms with Gasteiger partial charge < -0.3 is 20.3 Å². The highest BCUT2D eigenvalue weighted by Crippen LogP contribution is 2.31. The first-order valence-corrected chi connectivity index (χ1v) is 13.1. The summed E-state index contributed by atoms with van der Waals surface area (Å²) in [7, 11) is 0. The van der Waals surface area contributed by atoms with Gasteiger partial charge in [0.25, 0.3) is 5.91 Å². The lowest BCUT2D eigenvalue weighted by Gasteiger charge is -2.36. The van der Waals surface area contributed by atoms with Crippen molar-refractivity contribution in [3.8, 4) is 5.75 Å². The summed E-state index contributed by atoms with van der Waals surface area (Å²) < 4.78 is 5.89. The van der Waals surface area contributed by atoms with Crippen LogP contribution in [-0.2, 0) is 16.1 Å². The lowest BCUT2D eigenvalue weighted by molar-refractivity contribution is -0.136. The van der Waals surface area contributed by atoms with E-state index in [4.69, 9.17) is 10.5 Å². The molecule has 2 atom stereocenters. The SMILES string of the molecule is C[C@@H](N)c1ccc(OCCCN2CCN(c3ccc4c(c3)CN(C3CCC(=O)NC3=O)C4=O)CC2)cc1. The van der Waals surface area contributed by atoms with Crippen LogP contribution < -0.4 is 20.7 Å². The molecule has 0 saturated carbocycles. The Morgan fingerprint density at radius 1 is 1.05 bits per heavy atom. The Balaban J connectivity index is 1.08. The molecular formula is C28H35N5O4. The van der Waals surface area contributed by atoms with E-state index in [9.17, 15) is 14.4 Å². The van der Waals surface area contributed by atoms with Gasteiger partial charge in [0.05, 0.1) is 6.61 Å². The standard InChI is InChI=1S/C28H35N5O4/c1-19(29)20-3-6-23(7-4-20)37-16-2-11-31-12-14-32(15-13-31)22-5-8-24-21(17-22)18-33(28(24)36)25-9-10-26(34)30-27(25)35/h3-8,17,19,25H,2,9-16,18,29H2,1H3,(H,30,34,35)/t19-,25?/m1/s1. The van der Waals surface area contributed by atoms with Crippen LogP contribution in [0.5, 0.6) is 5.75 Å². The van der Waals surface area contributed by atoms with Crippen molar-refractivity contribution in [2.75, 3.05) is 44.2 Å². The Kier molecular flexibility index (Phi) is 7.43. The maximum absolute atomic E-state index is 12.9. The van der Waals surface area contributed by atoms with E-state index >= 15 is 0 Å². The van der Waals surface area contributed by atoms with Crippen molar-refractivity contribution in [2.45, 2.75) is 44.8 Å². The van der Waals surface area contributed by atoms with E-state index in [0.717, 1.165) is 61.7 Å². The molecule has 0 radical (unpaired) electrons. The molecule has 3 aliphatic rings. The lowest BCUT2D eigenvalue weighted by Crippen LogP contribution is -2.52. The molecule has 3 amide bonds. The molecule has 0 aromatic heterocycles. The molecule has 3 N–H and O–H groups in total. The predicted molar refractivity (Wildman–Crippen MR) is 140 cm³/mol. The molecule has 0 aliphatic carbocycles. The van der Waals surface area contributed by atoms with Crippen LogP contribution in [0.3, 0.4) is 0 Å². The van der Waals surface area contributed by atoms with Crippen LogP contribution in [0.4, 0.5) is 5.69 Å². The van der Waals surface area contributed by atoms with Gasteiger partial charge in [0.15, 0.2) is 0 Å². The van der Waals surface area contributed by atoms with Gasteiger partial charge in [-0.25, -0.2) is 0 Å². The smallest absolute Gasteiger partial charge is 0.255 e. The molecule has 196 valence electrons. The molecule has 2 aromatic carbocycles. The van der Waals surface area contributed by atoms with Crippen LogP contribution in [0.2, 0.25) is 0 Å². The monoisotopic (exact) mass is 505 g/mol. The number of carbonyl (C=O) groups excluding carboxylic acids is 3. The van der Waals surface area contributed by atoms with E-state index in [1.165, 1.54) is 0 Å². The fourth-order valence-electron chi connectivity index (χ4n) is 5.33. The summed E-state index contributed by atoms with van der Waals surface area (Å²) in [6.45, 7) is 7.84. The third-order valence-corrected chi connectivity index (χ3v) is 7.54. The molecular weight excluding hydrogens is 470 g/mol. The van der Waals surface area contributed by atoms with Crippen LogP contribution in [0, 0.1) is 0 Å². The van der Waals surface area contributed by atoms with Crippen molar-refractivity contribution in [2.24, 2.45) is 5.73 Å². The third-order valence-electron chi connectivity index (χ3n) is 7.54. The molecule has 2 aromatic rings. The second-order valence-electron chi connectivity index (χ2n) is 10.1. The van der Waals surface area contributed by atoms with E-state index in [1.54, 1.807) is 4.90 Å². The number of nitrogens with two attached hydrogens (primary N) is 1. The molecule has 37 heavy (non-hydrogen) atoms. The summed E-state index contributed by atoms with van der Waals surface area (Å²) in [5, 5.41) is 2.36. The van der Waals surface area contributed by atoms with E-state index < -0.39 is 6.04 Å². The molecule has 2 saturated heterocycles. The maximum atomic E-state index is 12.9. The zero-order valence-corrected chi connectivity index (χ0v) is 21.3. The summed E-state index contributed by atoms with van der Waals surface area (Å²) in [6, 6.07) is 13.4. The number of amides is 3. The fourth-order valence-corrected chi connectivity index (χ4v) is 5.33. The molecule has 0 bridgehead atoms. The molecule has 5 rings (SSSR count). The molecule has 0 spiro atoms. The summed E-state index contributed by atoms with van der Waals surface area (Å²) in [6.07, 6.45) is 1.61. The zero-order chi connectivity index (χ0) is 25.9. The number of piperidine rings is 1. The molecule has 1 unspecified atom stereocenters. The number of rotatable bonds is 8. The van der Waals surface area contributed by atoms with Crippen LogP contribution in [0.25, 0.3) is 0 Å². The average molecular weight is 506 g/mol. The minimum absolute atomic E-state index is 0.0274. The quantitative estimate of drug-likeness (QED) is 0.418. The number of fused-ring (bicyclic) bond motifs is 1. The first-order chi connectivity index (χ1) is 17.9. The third kappa shape index (κ3) is 5.62.